The first-order valence-electron chi connectivity index (χ1n) is 4.75. The molecule has 0 unspecified atom stereocenters. The molecular weight excluding hydrogens is 156 g/mol. The SMILES string of the molecule is [C]1=C(CCc2ccccc2)C=CC1. The van der Waals surface area contributed by atoms with Crippen LogP contribution in [0, 0.1) is 6.08 Å². The molecular formula is C13H13. The van der Waals surface area contributed by atoms with Gasteiger partial charge in [-0.15, -0.1) is 0 Å². The fourth-order valence-electron chi connectivity index (χ4n) is 1.55. The van der Waals surface area contributed by atoms with Crippen molar-refractivity contribution in [1.82, 2.24) is 0 Å². The molecule has 0 aliphatic heterocycles. The van der Waals surface area contributed by atoms with Crippen LogP contribution in [0.1, 0.15) is 18.4 Å². The van der Waals surface area contributed by atoms with Gasteiger partial charge in [-0.25, -0.2) is 0 Å². The molecule has 0 heterocycles. The number of benzene rings is 1. The normalized spacial score (nSPS) is 14.6. The molecule has 2 rings (SSSR count). The van der Waals surface area contributed by atoms with Crippen LogP contribution in [-0.2, 0) is 6.42 Å². The summed E-state index contributed by atoms with van der Waals surface area (Å²) >= 11 is 0. The van der Waals surface area contributed by atoms with Gasteiger partial charge in [0.25, 0.3) is 0 Å². The van der Waals surface area contributed by atoms with Gasteiger partial charge in [-0.05, 0) is 36.5 Å². The summed E-state index contributed by atoms with van der Waals surface area (Å²) in [5.41, 5.74) is 2.78. The second-order valence-corrected chi connectivity index (χ2v) is 3.29. The highest BCUT2D eigenvalue weighted by Gasteiger charge is 1.98. The van der Waals surface area contributed by atoms with Crippen molar-refractivity contribution < 1.29 is 0 Å². The number of allylic oxidation sites excluding steroid dienone is 4. The Hall–Kier alpha value is -1.30. The molecule has 0 fully saturated rings. The zero-order valence-electron chi connectivity index (χ0n) is 7.66. The van der Waals surface area contributed by atoms with Crippen LogP contribution >= 0.6 is 0 Å². The maximum absolute atomic E-state index is 3.33. The van der Waals surface area contributed by atoms with E-state index in [1.165, 1.54) is 11.1 Å². The quantitative estimate of drug-likeness (QED) is 0.651. The van der Waals surface area contributed by atoms with Gasteiger partial charge in [0.1, 0.15) is 0 Å². The molecule has 0 nitrogen and oxygen atoms in total. The lowest BCUT2D eigenvalue weighted by Crippen LogP contribution is -1.85. The van der Waals surface area contributed by atoms with Crippen molar-refractivity contribution in [3.8, 4) is 0 Å². The van der Waals surface area contributed by atoms with E-state index in [4.69, 9.17) is 0 Å². The number of aryl methyl sites for hydroxylation is 1. The minimum Gasteiger partial charge on any atom is -0.0798 e. The van der Waals surface area contributed by atoms with E-state index >= 15 is 0 Å². The van der Waals surface area contributed by atoms with Gasteiger partial charge in [0.15, 0.2) is 0 Å². The van der Waals surface area contributed by atoms with Gasteiger partial charge in [0, 0.05) is 0 Å². The van der Waals surface area contributed by atoms with Crippen molar-refractivity contribution in [3.05, 3.63) is 59.7 Å². The van der Waals surface area contributed by atoms with Gasteiger partial charge in [-0.3, -0.25) is 0 Å². The highest BCUT2D eigenvalue weighted by Crippen LogP contribution is 2.14. The predicted molar refractivity (Wildman–Crippen MR) is 55.3 cm³/mol. The van der Waals surface area contributed by atoms with E-state index in [1.807, 2.05) is 0 Å². The first-order chi connectivity index (χ1) is 6.45. The molecule has 1 aliphatic rings. The largest absolute Gasteiger partial charge is 0.0798 e. The Labute approximate surface area is 79.6 Å². The number of hydrogen-bond donors (Lipinski definition) is 0. The zero-order chi connectivity index (χ0) is 8.93. The molecule has 0 saturated carbocycles. The molecule has 1 aromatic carbocycles. The summed E-state index contributed by atoms with van der Waals surface area (Å²) in [6, 6.07) is 10.6. The van der Waals surface area contributed by atoms with E-state index in [1.54, 1.807) is 0 Å². The summed E-state index contributed by atoms with van der Waals surface area (Å²) in [6.07, 6.45) is 10.9. The van der Waals surface area contributed by atoms with E-state index in [0.29, 0.717) is 0 Å². The van der Waals surface area contributed by atoms with Crippen molar-refractivity contribution in [3.63, 3.8) is 0 Å². The summed E-state index contributed by atoms with van der Waals surface area (Å²) in [7, 11) is 0. The van der Waals surface area contributed by atoms with Gasteiger partial charge in [0.2, 0.25) is 0 Å². The third-order valence-electron chi connectivity index (χ3n) is 2.29. The average molecular weight is 169 g/mol. The monoisotopic (exact) mass is 169 g/mol. The molecule has 0 heteroatoms. The molecule has 65 valence electrons. The predicted octanol–water partition coefficient (Wildman–Crippen LogP) is 3.31. The van der Waals surface area contributed by atoms with Crippen molar-refractivity contribution in [1.29, 1.82) is 0 Å². The molecule has 0 amide bonds. The Kier molecular flexibility index (Phi) is 2.61. The standard InChI is InChI=1S/C13H13/c1-2-6-12(7-3-1)10-11-13-8-4-5-9-13/h1-4,6-8H,5,10-11H2. The molecule has 1 radical (unpaired) electrons. The minimum atomic E-state index is 1.00. The maximum atomic E-state index is 3.33. The topological polar surface area (TPSA) is 0 Å². The van der Waals surface area contributed by atoms with Gasteiger partial charge in [-0.2, -0.15) is 0 Å². The molecule has 1 aliphatic carbocycles. The Morgan fingerprint density at radius 2 is 1.92 bits per heavy atom. The second-order valence-electron chi connectivity index (χ2n) is 3.29. The maximum Gasteiger partial charge on any atom is -0.00885 e. The van der Waals surface area contributed by atoms with Crippen LogP contribution in [0.25, 0.3) is 0 Å². The summed E-state index contributed by atoms with van der Waals surface area (Å²) in [5.74, 6) is 0. The first-order valence-corrected chi connectivity index (χ1v) is 4.75. The molecule has 0 spiro atoms. The zero-order valence-corrected chi connectivity index (χ0v) is 7.66. The fourth-order valence-corrected chi connectivity index (χ4v) is 1.55. The number of hydrogen-bond acceptors (Lipinski definition) is 0. The molecule has 0 saturated heterocycles. The van der Waals surface area contributed by atoms with Gasteiger partial charge in [-0.1, -0.05) is 42.5 Å². The van der Waals surface area contributed by atoms with Crippen molar-refractivity contribution in [2.45, 2.75) is 19.3 Å². The highest BCUT2D eigenvalue weighted by molar-refractivity contribution is 5.24. The molecule has 0 aromatic heterocycles. The Bertz CT molecular complexity index is 317. The van der Waals surface area contributed by atoms with E-state index in [-0.39, 0.29) is 0 Å². The Morgan fingerprint density at radius 3 is 2.62 bits per heavy atom. The molecule has 13 heavy (non-hydrogen) atoms. The Balaban J connectivity index is 1.90. The molecule has 1 aromatic rings. The molecule has 0 bridgehead atoms. The lowest BCUT2D eigenvalue weighted by molar-refractivity contribution is 0.962. The molecule has 0 N–H and O–H groups in total. The van der Waals surface area contributed by atoms with E-state index in [2.05, 4.69) is 48.6 Å². The van der Waals surface area contributed by atoms with E-state index < -0.39 is 0 Å². The van der Waals surface area contributed by atoms with Gasteiger partial charge >= 0.3 is 0 Å². The van der Waals surface area contributed by atoms with Crippen LogP contribution in [0.3, 0.4) is 0 Å². The summed E-state index contributed by atoms with van der Waals surface area (Å²) in [4.78, 5) is 0. The van der Waals surface area contributed by atoms with Gasteiger partial charge < -0.3 is 0 Å². The fraction of sp³-hybridized carbons (Fsp3) is 0.231. The van der Waals surface area contributed by atoms with Crippen molar-refractivity contribution >= 4 is 0 Å². The third kappa shape index (κ3) is 2.32. The van der Waals surface area contributed by atoms with Crippen molar-refractivity contribution in [2.75, 3.05) is 0 Å². The minimum absolute atomic E-state index is 1.00. The van der Waals surface area contributed by atoms with Crippen LogP contribution < -0.4 is 0 Å². The van der Waals surface area contributed by atoms with Crippen LogP contribution in [0.2, 0.25) is 0 Å². The summed E-state index contributed by atoms with van der Waals surface area (Å²) in [6.45, 7) is 0. The lowest BCUT2D eigenvalue weighted by Gasteiger charge is -1.99. The smallest absolute Gasteiger partial charge is 0.00885 e. The van der Waals surface area contributed by atoms with Crippen molar-refractivity contribution in [2.24, 2.45) is 0 Å². The summed E-state index contributed by atoms with van der Waals surface area (Å²) < 4.78 is 0. The van der Waals surface area contributed by atoms with E-state index in [0.717, 1.165) is 19.3 Å². The van der Waals surface area contributed by atoms with Crippen LogP contribution in [-0.4, -0.2) is 0 Å². The van der Waals surface area contributed by atoms with Crippen LogP contribution in [0.4, 0.5) is 0 Å². The highest BCUT2D eigenvalue weighted by atomic mass is 14.0. The summed E-state index contributed by atoms with van der Waals surface area (Å²) in [5, 5.41) is 0. The average Bonchev–Trinajstić information content (AvgIpc) is 2.69. The van der Waals surface area contributed by atoms with Gasteiger partial charge in [0.05, 0.1) is 0 Å². The Morgan fingerprint density at radius 1 is 1.08 bits per heavy atom. The van der Waals surface area contributed by atoms with Crippen LogP contribution in [0.5, 0.6) is 0 Å². The second kappa shape index (κ2) is 4.08. The van der Waals surface area contributed by atoms with Crippen LogP contribution in [0.15, 0.2) is 48.1 Å². The van der Waals surface area contributed by atoms with E-state index in [9.17, 15) is 0 Å². The third-order valence-corrected chi connectivity index (χ3v) is 2.29. The lowest BCUT2D eigenvalue weighted by atomic mass is 10.1. The molecule has 0 atom stereocenters. The first kappa shape index (κ1) is 8.31. The number of rotatable bonds is 3.